The molecule has 1 aliphatic carbocycles. The number of anilines is 1. The van der Waals surface area contributed by atoms with Crippen LogP contribution in [0.3, 0.4) is 0 Å². The van der Waals surface area contributed by atoms with Crippen LogP contribution in [-0.2, 0) is 11.4 Å². The molecule has 36 heavy (non-hydrogen) atoms. The van der Waals surface area contributed by atoms with Gasteiger partial charge in [0.1, 0.15) is 12.4 Å². The van der Waals surface area contributed by atoms with Gasteiger partial charge in [0.25, 0.3) is 5.91 Å². The van der Waals surface area contributed by atoms with Crippen LogP contribution in [0.15, 0.2) is 88.2 Å². The molecule has 2 fully saturated rings. The topological polar surface area (TPSA) is 41.6 Å². The monoisotopic (exact) mass is 562 g/mol. The summed E-state index contributed by atoms with van der Waals surface area (Å²) in [5.41, 5.74) is 3.01. The molecule has 4 nitrogen and oxygen atoms in total. The number of carbonyl (C=O) groups is 1. The average Bonchev–Trinajstić information content (AvgIpc) is 3.19. The molecule has 2 aliphatic rings. The fourth-order valence-corrected chi connectivity index (χ4v) is 6.70. The van der Waals surface area contributed by atoms with Crippen molar-refractivity contribution >= 4 is 45.4 Å². The number of ether oxygens (including phenoxy) is 1. The number of thioether (sulfide) groups is 1. The molecule has 1 saturated heterocycles. The van der Waals surface area contributed by atoms with E-state index in [0.29, 0.717) is 12.5 Å². The molecule has 186 valence electrons. The molecule has 0 spiro atoms. The van der Waals surface area contributed by atoms with Gasteiger partial charge in [-0.1, -0.05) is 86.1 Å². The van der Waals surface area contributed by atoms with Gasteiger partial charge in [-0.15, -0.1) is 0 Å². The normalized spacial score (nSPS) is 23.2. The van der Waals surface area contributed by atoms with Crippen molar-refractivity contribution < 1.29 is 9.53 Å². The Balaban J connectivity index is 1.36. The quantitative estimate of drug-likeness (QED) is 0.297. The molecule has 1 saturated carbocycles. The molecule has 3 aromatic rings. The maximum absolute atomic E-state index is 13.7. The maximum atomic E-state index is 13.7. The second-order valence-electron chi connectivity index (χ2n) is 9.49. The van der Waals surface area contributed by atoms with Crippen LogP contribution in [-0.4, -0.2) is 22.3 Å². The van der Waals surface area contributed by atoms with Crippen LogP contribution < -0.4 is 10.1 Å². The molecule has 1 unspecified atom stereocenters. The minimum absolute atomic E-state index is 0.117. The van der Waals surface area contributed by atoms with Gasteiger partial charge >= 0.3 is 0 Å². The third-order valence-corrected chi connectivity index (χ3v) is 8.65. The van der Waals surface area contributed by atoms with E-state index in [4.69, 9.17) is 4.74 Å². The van der Waals surface area contributed by atoms with E-state index >= 15 is 0 Å². The molecule has 6 heteroatoms. The molecular weight excluding hydrogens is 532 g/mol. The number of nitrogens with zero attached hydrogens (tertiary/aromatic N) is 1. The van der Waals surface area contributed by atoms with Crippen LogP contribution in [0.2, 0.25) is 0 Å². The van der Waals surface area contributed by atoms with Crippen molar-refractivity contribution in [3.8, 4) is 5.75 Å². The Morgan fingerprint density at radius 3 is 2.47 bits per heavy atom. The Morgan fingerprint density at radius 2 is 1.75 bits per heavy atom. The van der Waals surface area contributed by atoms with E-state index in [2.05, 4.69) is 57.3 Å². The van der Waals surface area contributed by atoms with Gasteiger partial charge in [-0.25, -0.2) is 0 Å². The smallest absolute Gasteiger partial charge is 0.262 e. The Bertz CT molecular complexity index is 1220. The van der Waals surface area contributed by atoms with Crippen molar-refractivity contribution in [2.45, 2.75) is 50.8 Å². The molecular formula is C30H31BrN2O2S. The highest BCUT2D eigenvalue weighted by atomic mass is 79.9. The van der Waals surface area contributed by atoms with Crippen molar-refractivity contribution in [2.75, 3.05) is 5.32 Å². The van der Waals surface area contributed by atoms with E-state index in [1.807, 2.05) is 60.7 Å². The largest absolute Gasteiger partial charge is 0.488 e. The lowest BCUT2D eigenvalue weighted by Gasteiger charge is -2.39. The van der Waals surface area contributed by atoms with Crippen LogP contribution >= 0.6 is 27.7 Å². The lowest BCUT2D eigenvalue weighted by Crippen LogP contribution is -2.48. The maximum Gasteiger partial charge on any atom is 0.262 e. The van der Waals surface area contributed by atoms with Crippen LogP contribution in [0.1, 0.15) is 43.7 Å². The van der Waals surface area contributed by atoms with E-state index in [9.17, 15) is 4.79 Å². The summed E-state index contributed by atoms with van der Waals surface area (Å²) in [6.45, 7) is 2.80. The number of halogens is 1. The van der Waals surface area contributed by atoms with Crippen LogP contribution in [0.5, 0.6) is 5.75 Å². The summed E-state index contributed by atoms with van der Waals surface area (Å²) >= 11 is 5.26. The Hall–Kier alpha value is -2.70. The van der Waals surface area contributed by atoms with E-state index < -0.39 is 0 Å². The van der Waals surface area contributed by atoms with Gasteiger partial charge in [0.2, 0.25) is 0 Å². The highest BCUT2D eigenvalue weighted by Crippen LogP contribution is 2.42. The molecule has 1 N–H and O–H groups in total. The molecule has 1 amide bonds. The van der Waals surface area contributed by atoms with Crippen LogP contribution in [0.4, 0.5) is 5.69 Å². The summed E-state index contributed by atoms with van der Waals surface area (Å²) in [5, 5.41) is 3.61. The minimum Gasteiger partial charge on any atom is -0.488 e. The fourth-order valence-electron chi connectivity index (χ4n) is 4.98. The van der Waals surface area contributed by atoms with E-state index in [1.54, 1.807) is 11.8 Å². The zero-order chi connectivity index (χ0) is 24.9. The van der Waals surface area contributed by atoms with Gasteiger partial charge in [-0.05, 0) is 76.2 Å². The zero-order valence-corrected chi connectivity index (χ0v) is 22.8. The predicted octanol–water partition coefficient (Wildman–Crippen LogP) is 7.92. The summed E-state index contributed by atoms with van der Waals surface area (Å²) < 4.78 is 6.88. The molecule has 3 aromatic carbocycles. The number of rotatable bonds is 7. The van der Waals surface area contributed by atoms with Crippen molar-refractivity contribution in [3.05, 3.63) is 99.4 Å². The van der Waals surface area contributed by atoms with Gasteiger partial charge in [-0.2, -0.15) is 0 Å². The summed E-state index contributed by atoms with van der Waals surface area (Å²) in [5.74, 6) is 1.40. The molecule has 0 bridgehead atoms. The van der Waals surface area contributed by atoms with Crippen LogP contribution in [0.25, 0.3) is 6.08 Å². The first-order valence-corrected chi connectivity index (χ1v) is 14.2. The number of para-hydroxylation sites is 1. The molecule has 1 aliphatic heterocycles. The summed E-state index contributed by atoms with van der Waals surface area (Å²) in [4.78, 5) is 16.6. The number of hydrogen-bond acceptors (Lipinski definition) is 4. The van der Waals surface area contributed by atoms with E-state index in [-0.39, 0.29) is 17.4 Å². The van der Waals surface area contributed by atoms with Crippen molar-refractivity contribution in [2.24, 2.45) is 5.92 Å². The third-order valence-electron chi connectivity index (χ3n) is 6.91. The van der Waals surface area contributed by atoms with Gasteiger partial charge in [0.05, 0.1) is 9.38 Å². The van der Waals surface area contributed by atoms with Gasteiger partial charge < -0.3 is 15.0 Å². The fraction of sp³-hybridized carbons (Fsp3) is 0.300. The number of benzene rings is 3. The highest BCUT2D eigenvalue weighted by molar-refractivity contribution is 9.10. The molecule has 0 aromatic heterocycles. The second kappa shape index (κ2) is 11.6. The van der Waals surface area contributed by atoms with Gasteiger partial charge in [0.15, 0.2) is 5.50 Å². The van der Waals surface area contributed by atoms with Crippen molar-refractivity contribution in [1.82, 2.24) is 4.90 Å². The number of carbonyl (C=O) groups excluding carboxylic acids is 1. The van der Waals surface area contributed by atoms with Crippen molar-refractivity contribution in [1.29, 1.82) is 0 Å². The lowest BCUT2D eigenvalue weighted by molar-refractivity contribution is -0.129. The highest BCUT2D eigenvalue weighted by Gasteiger charge is 2.42. The lowest BCUT2D eigenvalue weighted by atomic mass is 9.85. The first kappa shape index (κ1) is 25.0. The average molecular weight is 564 g/mol. The molecule has 3 atom stereocenters. The second-order valence-corrected chi connectivity index (χ2v) is 11.5. The first-order chi connectivity index (χ1) is 17.6. The number of hydrogen-bond donors (Lipinski definition) is 1. The van der Waals surface area contributed by atoms with Crippen LogP contribution in [0, 0.1) is 5.92 Å². The summed E-state index contributed by atoms with van der Waals surface area (Å²) in [6, 6.07) is 26.5. The molecule has 0 radical (unpaired) electrons. The predicted molar refractivity (Wildman–Crippen MR) is 153 cm³/mol. The number of nitrogens with one attached hydrogen (secondary N) is 1. The Labute approximate surface area is 226 Å². The van der Waals surface area contributed by atoms with Crippen molar-refractivity contribution in [3.63, 3.8) is 0 Å². The summed E-state index contributed by atoms with van der Waals surface area (Å²) in [7, 11) is 0. The minimum atomic E-state index is -0.117. The standard InChI is InChI=1S/C30H31BrN2O2S/c1-21-10-8-9-15-26(21)33-29(34)28(36-30(33)32-24-13-6-3-7-14-24)19-23-16-17-27(25(31)18-23)35-20-22-11-4-2-5-12-22/h2-7,11-14,16-19,21,26,30,32H,8-10,15,20H2,1H3/b28-19-/t21-,26-,30?/m1/s1. The first-order valence-electron chi connectivity index (χ1n) is 12.6. The van der Waals surface area contributed by atoms with E-state index in [0.717, 1.165) is 38.4 Å². The SMILES string of the molecule is C[C@@H]1CCCC[C@H]1N1C(=O)/C(=C/c2ccc(OCc3ccccc3)c(Br)c2)SC1Nc1ccccc1. The number of amides is 1. The third kappa shape index (κ3) is 5.81. The Morgan fingerprint density at radius 1 is 1.03 bits per heavy atom. The van der Waals surface area contributed by atoms with Gasteiger partial charge in [0, 0.05) is 11.7 Å². The molecule has 1 heterocycles. The summed E-state index contributed by atoms with van der Waals surface area (Å²) in [6.07, 6.45) is 6.67. The van der Waals surface area contributed by atoms with E-state index in [1.165, 1.54) is 19.3 Å². The zero-order valence-electron chi connectivity index (χ0n) is 20.4. The Kier molecular flexibility index (Phi) is 8.02. The molecule has 5 rings (SSSR count). The van der Waals surface area contributed by atoms with Gasteiger partial charge in [-0.3, -0.25) is 4.79 Å².